The fourth-order valence-electron chi connectivity index (χ4n) is 13.5. The number of benzene rings is 2. The molecule has 1 aromatic heterocycles. The smallest absolute Gasteiger partial charge is 0.344 e. The standard InChI is InChI=1S/C47H58F2N4O8/c1-9-27-11-12-34-31(20-27)30-13-17-52-24-28(19-29(25-52)44(4,48)49)23-46(37(30)50-34,41(55)59-7)33-21-32-35(22-36(33)58-6)51(5)39-45(32)15-18-53-16-10-14-43(3,38(45)53)40(61-26(2)54)47(39,57)42(56)60-8/h10-12,14,20-22,28-29,38-40,50,57H,9,13,15-19,23-25H2,1-8H3/t28-,29?,38+,39-,40-,43-,45-,46+,47+/m1/s1. The van der Waals surface area contributed by atoms with Crippen molar-refractivity contribution >= 4 is 34.5 Å². The van der Waals surface area contributed by atoms with Gasteiger partial charge >= 0.3 is 17.9 Å². The van der Waals surface area contributed by atoms with Crippen LogP contribution >= 0.6 is 0 Å². The lowest BCUT2D eigenvalue weighted by Crippen LogP contribution is -2.81. The summed E-state index contributed by atoms with van der Waals surface area (Å²) in [6.45, 7) is 8.82. The van der Waals surface area contributed by atoms with E-state index >= 15 is 13.6 Å². The first-order chi connectivity index (χ1) is 28.9. The second kappa shape index (κ2) is 14.2. The Labute approximate surface area is 355 Å². The highest BCUT2D eigenvalue weighted by Crippen LogP contribution is 2.67. The first kappa shape index (κ1) is 41.8. The summed E-state index contributed by atoms with van der Waals surface area (Å²) in [5.41, 5.74) is -0.420. The van der Waals surface area contributed by atoms with Crippen molar-refractivity contribution in [3.05, 3.63) is 70.4 Å². The number of aryl methyl sites for hydroxylation is 1. The summed E-state index contributed by atoms with van der Waals surface area (Å²) in [6.07, 6.45) is 4.83. The van der Waals surface area contributed by atoms with Gasteiger partial charge in [-0.05, 0) is 86.4 Å². The number of aromatic nitrogens is 1. The molecule has 1 aliphatic carbocycles. The van der Waals surface area contributed by atoms with Gasteiger partial charge in [0.2, 0.25) is 11.5 Å². The predicted molar refractivity (Wildman–Crippen MR) is 224 cm³/mol. The van der Waals surface area contributed by atoms with Gasteiger partial charge in [-0.1, -0.05) is 32.1 Å². The molecular formula is C47H58F2N4O8. The molecule has 10 atom stereocenters. The van der Waals surface area contributed by atoms with Gasteiger partial charge in [-0.2, -0.15) is 0 Å². The molecule has 6 heterocycles. The zero-order valence-corrected chi connectivity index (χ0v) is 36.4. The van der Waals surface area contributed by atoms with Crippen LogP contribution in [-0.4, -0.2) is 129 Å². The average Bonchev–Trinajstić information content (AvgIpc) is 3.89. The molecule has 2 aromatic carbocycles. The number of H-pyrrole nitrogens is 1. The number of ether oxygens (including phenoxy) is 4. The van der Waals surface area contributed by atoms with Gasteiger partial charge < -0.3 is 38.8 Å². The van der Waals surface area contributed by atoms with Gasteiger partial charge in [0.25, 0.3) is 0 Å². The number of nitrogens with one attached hydrogen (secondary N) is 1. The number of likely N-dealkylation sites (N-methyl/N-ethyl adjacent to an activating group) is 1. The fraction of sp³-hybridized carbons (Fsp3) is 0.596. The number of aromatic amines is 1. The molecule has 14 heteroatoms. The van der Waals surface area contributed by atoms with Crippen molar-refractivity contribution in [2.75, 3.05) is 66.0 Å². The number of carbonyl (C=O) groups excluding carboxylic acids is 3. The molecule has 1 spiro atoms. The Morgan fingerprint density at radius 3 is 2.44 bits per heavy atom. The van der Waals surface area contributed by atoms with Crippen LogP contribution in [0.1, 0.15) is 74.9 Å². The van der Waals surface area contributed by atoms with Crippen molar-refractivity contribution < 1.29 is 47.2 Å². The van der Waals surface area contributed by atoms with Crippen LogP contribution < -0.4 is 9.64 Å². The van der Waals surface area contributed by atoms with Crippen LogP contribution in [0.2, 0.25) is 0 Å². The van der Waals surface area contributed by atoms with E-state index in [1.165, 1.54) is 21.1 Å². The fourth-order valence-corrected chi connectivity index (χ4v) is 13.5. The molecule has 2 saturated heterocycles. The second-order valence-corrected chi connectivity index (χ2v) is 18.9. The van der Waals surface area contributed by atoms with Crippen molar-refractivity contribution in [1.29, 1.82) is 0 Å². The Balaban J connectivity index is 1.35. The molecule has 9 rings (SSSR count). The van der Waals surface area contributed by atoms with Crippen molar-refractivity contribution in [3.8, 4) is 5.75 Å². The molecule has 5 aliphatic heterocycles. The zero-order valence-electron chi connectivity index (χ0n) is 36.4. The number of nitrogens with zero attached hydrogens (tertiary/aromatic N) is 3. The number of rotatable bonds is 7. The Bertz CT molecular complexity index is 2340. The SMILES string of the molecule is CCc1ccc2[nH]c3c(c2c1)CCN1CC(C(C)(F)F)C[C@@H](C1)C[C@]3(C(=O)OC)c1cc2c(cc1OC)N(C)[C@H]1[C@@](O)(C(=O)OC)[C@H](OC(C)=O)[C@]3(C)C=CCN4CC[C@]21[C@@H]43. The van der Waals surface area contributed by atoms with Gasteiger partial charge in [-0.25, -0.2) is 13.6 Å². The summed E-state index contributed by atoms with van der Waals surface area (Å²) in [5, 5.41) is 14.2. The molecule has 0 radical (unpaired) electrons. The molecule has 3 aromatic rings. The number of aliphatic hydroxyl groups is 1. The normalized spacial score (nSPS) is 35.2. The number of hydrogen-bond acceptors (Lipinski definition) is 11. The van der Waals surface area contributed by atoms with Crippen LogP contribution in [0.3, 0.4) is 0 Å². The number of carbonyl (C=O) groups is 3. The lowest BCUT2D eigenvalue weighted by Gasteiger charge is -2.62. The first-order valence-corrected chi connectivity index (χ1v) is 21.6. The minimum atomic E-state index is -2.93. The van der Waals surface area contributed by atoms with Crippen molar-refractivity contribution in [1.82, 2.24) is 14.8 Å². The number of methoxy groups -OCH3 is 3. The van der Waals surface area contributed by atoms with E-state index in [1.54, 1.807) is 7.11 Å². The zero-order chi connectivity index (χ0) is 43.6. The predicted octanol–water partition coefficient (Wildman–Crippen LogP) is 5.29. The summed E-state index contributed by atoms with van der Waals surface area (Å²) in [5.74, 6) is -5.93. The Hall–Kier alpha value is -4.53. The summed E-state index contributed by atoms with van der Waals surface area (Å²) < 4.78 is 54.5. The van der Waals surface area contributed by atoms with E-state index in [0.717, 1.165) is 40.9 Å². The number of hydrogen-bond donors (Lipinski definition) is 2. The van der Waals surface area contributed by atoms with Gasteiger partial charge in [0.05, 0.1) is 27.4 Å². The van der Waals surface area contributed by atoms with E-state index in [9.17, 15) is 14.7 Å². The molecular weight excluding hydrogens is 787 g/mol. The van der Waals surface area contributed by atoms with Gasteiger partial charge in [0, 0.05) is 96.9 Å². The van der Waals surface area contributed by atoms with E-state index in [2.05, 4.69) is 33.8 Å². The van der Waals surface area contributed by atoms with Crippen LogP contribution in [0.15, 0.2) is 42.5 Å². The molecule has 61 heavy (non-hydrogen) atoms. The monoisotopic (exact) mass is 844 g/mol. The molecule has 2 unspecified atom stereocenters. The third-order valence-corrected chi connectivity index (χ3v) is 15.7. The van der Waals surface area contributed by atoms with Crippen LogP contribution in [0.25, 0.3) is 10.9 Å². The number of fused-ring (bicyclic) bond motifs is 6. The van der Waals surface area contributed by atoms with E-state index in [-0.39, 0.29) is 31.3 Å². The first-order valence-electron chi connectivity index (χ1n) is 21.6. The van der Waals surface area contributed by atoms with Crippen molar-refractivity contribution in [2.45, 2.75) is 100 Å². The minimum Gasteiger partial charge on any atom is -0.496 e. The summed E-state index contributed by atoms with van der Waals surface area (Å²) >= 11 is 0. The Morgan fingerprint density at radius 1 is 1.02 bits per heavy atom. The Morgan fingerprint density at radius 2 is 1.77 bits per heavy atom. The molecule has 1 saturated carbocycles. The molecule has 6 aliphatic rings. The maximum Gasteiger partial charge on any atom is 0.344 e. The largest absolute Gasteiger partial charge is 0.496 e. The van der Waals surface area contributed by atoms with Crippen LogP contribution in [0.5, 0.6) is 5.75 Å². The summed E-state index contributed by atoms with van der Waals surface area (Å²) in [7, 11) is 5.95. The van der Waals surface area contributed by atoms with E-state index in [4.69, 9.17) is 18.9 Å². The lowest BCUT2D eigenvalue weighted by molar-refractivity contribution is -0.225. The number of esters is 3. The van der Waals surface area contributed by atoms with E-state index in [1.807, 2.05) is 49.2 Å². The highest BCUT2D eigenvalue weighted by atomic mass is 19.3. The van der Waals surface area contributed by atoms with Crippen LogP contribution in [-0.2, 0) is 52.3 Å². The highest BCUT2D eigenvalue weighted by Gasteiger charge is 2.80. The average molecular weight is 845 g/mol. The van der Waals surface area contributed by atoms with Gasteiger partial charge in [-0.15, -0.1) is 0 Å². The summed E-state index contributed by atoms with van der Waals surface area (Å²) in [6, 6.07) is 8.82. The molecule has 328 valence electrons. The third-order valence-electron chi connectivity index (χ3n) is 15.7. The molecule has 2 bridgehead atoms. The van der Waals surface area contributed by atoms with Crippen LogP contribution in [0, 0.1) is 17.3 Å². The molecule has 0 amide bonds. The maximum absolute atomic E-state index is 15.4. The van der Waals surface area contributed by atoms with E-state index in [0.29, 0.717) is 61.7 Å². The van der Waals surface area contributed by atoms with Crippen molar-refractivity contribution in [3.63, 3.8) is 0 Å². The number of halogens is 2. The molecule has 2 N–H and O–H groups in total. The quantitative estimate of drug-likeness (QED) is 0.183. The van der Waals surface area contributed by atoms with Gasteiger partial charge in [0.15, 0.2) is 6.10 Å². The maximum atomic E-state index is 15.4. The number of piperidine rings is 1. The second-order valence-electron chi connectivity index (χ2n) is 18.9. The topological polar surface area (TPSA) is 134 Å². The number of anilines is 1. The lowest BCUT2D eigenvalue weighted by atomic mass is 9.49. The molecule has 12 nitrogen and oxygen atoms in total. The van der Waals surface area contributed by atoms with E-state index < -0.39 is 63.7 Å². The van der Waals surface area contributed by atoms with Crippen molar-refractivity contribution in [2.24, 2.45) is 17.3 Å². The minimum absolute atomic E-state index is 0.154. The number of alkyl halides is 2. The third kappa shape index (κ3) is 5.65. The molecule has 3 fully saturated rings. The van der Waals surface area contributed by atoms with Gasteiger partial charge in [0.1, 0.15) is 11.2 Å². The highest BCUT2D eigenvalue weighted by molar-refractivity contribution is 5.95. The van der Waals surface area contributed by atoms with Crippen LogP contribution in [0.4, 0.5) is 14.5 Å². The summed E-state index contributed by atoms with van der Waals surface area (Å²) in [4.78, 5) is 52.7. The Kier molecular flexibility index (Phi) is 9.77. The van der Waals surface area contributed by atoms with Gasteiger partial charge in [-0.3, -0.25) is 14.5 Å².